The molecule has 1 aliphatic heterocycles. The molecule has 0 saturated carbocycles. The summed E-state index contributed by atoms with van der Waals surface area (Å²) in [5.41, 5.74) is -0.168. The lowest BCUT2D eigenvalue weighted by Crippen LogP contribution is -2.26. The van der Waals surface area contributed by atoms with Crippen LogP contribution in [-0.4, -0.2) is 40.4 Å². The molecule has 8 nitrogen and oxygen atoms in total. The van der Waals surface area contributed by atoms with Crippen molar-refractivity contribution in [2.45, 2.75) is 19.6 Å². The number of hydrogen-bond acceptors (Lipinski definition) is 6. The van der Waals surface area contributed by atoms with Crippen LogP contribution in [0.15, 0.2) is 54.9 Å². The van der Waals surface area contributed by atoms with Gasteiger partial charge in [-0.1, -0.05) is 12.1 Å². The third-order valence-corrected chi connectivity index (χ3v) is 5.88. The van der Waals surface area contributed by atoms with Crippen molar-refractivity contribution in [1.82, 2.24) is 14.8 Å². The molecule has 0 fully saturated rings. The highest BCUT2D eigenvalue weighted by Crippen LogP contribution is 2.41. The Balaban J connectivity index is 1.63. The van der Waals surface area contributed by atoms with Crippen molar-refractivity contribution in [3.8, 4) is 11.4 Å². The lowest BCUT2D eigenvalue weighted by atomic mass is 10.1. The Morgan fingerprint density at radius 3 is 2.44 bits per heavy atom. The number of aromatic nitrogens is 3. The van der Waals surface area contributed by atoms with Crippen LogP contribution in [0.4, 0.5) is 18.9 Å². The largest absolute Gasteiger partial charge is 0.497 e. The number of pyridine rings is 1. The van der Waals surface area contributed by atoms with E-state index >= 15 is 0 Å². The van der Waals surface area contributed by atoms with Crippen LogP contribution in [0.2, 0.25) is 0 Å². The van der Waals surface area contributed by atoms with E-state index in [-0.39, 0.29) is 30.3 Å². The summed E-state index contributed by atoms with van der Waals surface area (Å²) >= 11 is 0. The first-order chi connectivity index (χ1) is 17.2. The third-order valence-electron chi connectivity index (χ3n) is 5.88. The van der Waals surface area contributed by atoms with Gasteiger partial charge in [0.15, 0.2) is 5.69 Å². The zero-order valence-corrected chi connectivity index (χ0v) is 19.2. The van der Waals surface area contributed by atoms with Crippen LogP contribution >= 0.6 is 0 Å². The number of amides is 1. The summed E-state index contributed by atoms with van der Waals surface area (Å²) < 4.78 is 52.8. The standard InChI is InChI=1S/C25H19F3N4O4/c1-3-36-24(34)17-12-30-32(22(17)25(26,27)28)19-9-8-18-20-16(10-11-29-21(19)20)23(33)31(18)13-14-4-6-15(35-2)7-5-14/h4-12H,3,13H2,1-2H3. The fourth-order valence-electron chi connectivity index (χ4n) is 4.30. The lowest BCUT2D eigenvalue weighted by Gasteiger charge is -2.19. The van der Waals surface area contributed by atoms with Gasteiger partial charge in [-0.15, -0.1) is 0 Å². The fraction of sp³-hybridized carbons (Fsp3) is 0.200. The second-order valence-corrected chi connectivity index (χ2v) is 7.96. The van der Waals surface area contributed by atoms with Gasteiger partial charge in [0.05, 0.1) is 48.9 Å². The molecule has 0 bridgehead atoms. The maximum absolute atomic E-state index is 14.1. The summed E-state index contributed by atoms with van der Waals surface area (Å²) in [6.07, 6.45) is -2.72. The van der Waals surface area contributed by atoms with E-state index in [4.69, 9.17) is 9.47 Å². The third kappa shape index (κ3) is 3.72. The van der Waals surface area contributed by atoms with Gasteiger partial charge in [-0.25, -0.2) is 9.48 Å². The predicted molar refractivity (Wildman–Crippen MR) is 123 cm³/mol. The number of carbonyl (C=O) groups is 2. The molecule has 11 heteroatoms. The molecule has 0 N–H and O–H groups in total. The molecule has 1 amide bonds. The van der Waals surface area contributed by atoms with Gasteiger partial charge in [0.25, 0.3) is 5.91 Å². The van der Waals surface area contributed by atoms with E-state index in [1.807, 2.05) is 12.1 Å². The topological polar surface area (TPSA) is 86.5 Å². The second-order valence-electron chi connectivity index (χ2n) is 7.96. The van der Waals surface area contributed by atoms with Gasteiger partial charge in [0.2, 0.25) is 0 Å². The Bertz CT molecular complexity index is 1500. The summed E-state index contributed by atoms with van der Waals surface area (Å²) in [5, 5.41) is 4.27. The highest BCUT2D eigenvalue weighted by Gasteiger charge is 2.42. The molecular formula is C25H19F3N4O4. The van der Waals surface area contributed by atoms with E-state index in [2.05, 4.69) is 10.1 Å². The van der Waals surface area contributed by atoms with Crippen LogP contribution in [-0.2, 0) is 17.5 Å². The van der Waals surface area contributed by atoms with Gasteiger partial charge in [0.1, 0.15) is 11.3 Å². The molecule has 1 aliphatic rings. The van der Waals surface area contributed by atoms with Crippen molar-refractivity contribution in [3.63, 3.8) is 0 Å². The molecular weight excluding hydrogens is 477 g/mol. The van der Waals surface area contributed by atoms with Gasteiger partial charge >= 0.3 is 12.1 Å². The summed E-state index contributed by atoms with van der Waals surface area (Å²) in [5.74, 6) is -0.752. The molecule has 36 heavy (non-hydrogen) atoms. The zero-order valence-electron chi connectivity index (χ0n) is 19.2. The first-order valence-corrected chi connectivity index (χ1v) is 10.9. The van der Waals surface area contributed by atoms with Crippen LogP contribution in [0.25, 0.3) is 16.6 Å². The number of nitrogens with zero attached hydrogens (tertiary/aromatic N) is 4. The molecule has 0 spiro atoms. The van der Waals surface area contributed by atoms with E-state index in [9.17, 15) is 22.8 Å². The van der Waals surface area contributed by atoms with Crippen LogP contribution in [0.1, 0.15) is 38.9 Å². The maximum Gasteiger partial charge on any atom is 0.434 e. The number of anilines is 1. The Hall–Kier alpha value is -4.41. The van der Waals surface area contributed by atoms with Gasteiger partial charge in [-0.3, -0.25) is 9.78 Å². The van der Waals surface area contributed by atoms with Crippen LogP contribution in [0, 0.1) is 0 Å². The Kier molecular flexibility index (Phi) is 5.62. The molecule has 4 aromatic rings. The highest BCUT2D eigenvalue weighted by molar-refractivity contribution is 6.25. The summed E-state index contributed by atoms with van der Waals surface area (Å²) in [7, 11) is 1.56. The highest BCUT2D eigenvalue weighted by atomic mass is 19.4. The average molecular weight is 496 g/mol. The van der Waals surface area contributed by atoms with E-state index in [0.717, 1.165) is 11.8 Å². The van der Waals surface area contributed by atoms with Crippen molar-refractivity contribution in [2.24, 2.45) is 0 Å². The maximum atomic E-state index is 14.1. The van der Waals surface area contributed by atoms with Crippen molar-refractivity contribution in [2.75, 3.05) is 18.6 Å². The molecule has 184 valence electrons. The van der Waals surface area contributed by atoms with E-state index in [1.165, 1.54) is 25.3 Å². The van der Waals surface area contributed by atoms with Crippen molar-refractivity contribution in [3.05, 3.63) is 77.2 Å². The molecule has 0 atom stereocenters. The van der Waals surface area contributed by atoms with Gasteiger partial charge in [-0.2, -0.15) is 18.3 Å². The van der Waals surface area contributed by atoms with E-state index in [1.54, 1.807) is 30.2 Å². The minimum atomic E-state index is -4.91. The van der Waals surface area contributed by atoms with E-state index < -0.39 is 23.4 Å². The smallest absolute Gasteiger partial charge is 0.434 e. The molecule has 0 saturated heterocycles. The van der Waals surface area contributed by atoms with Crippen LogP contribution < -0.4 is 9.64 Å². The monoisotopic (exact) mass is 496 g/mol. The SMILES string of the molecule is CCOC(=O)c1cnn(-c2ccc3c4c(ccnc24)C(=O)N3Cc2ccc(OC)cc2)c1C(F)(F)F. The Morgan fingerprint density at radius 2 is 1.78 bits per heavy atom. The number of esters is 1. The van der Waals surface area contributed by atoms with Crippen molar-refractivity contribution in [1.29, 1.82) is 0 Å². The van der Waals surface area contributed by atoms with Crippen molar-refractivity contribution >= 4 is 28.5 Å². The lowest BCUT2D eigenvalue weighted by molar-refractivity contribution is -0.143. The van der Waals surface area contributed by atoms with Gasteiger partial charge < -0.3 is 14.4 Å². The minimum Gasteiger partial charge on any atom is -0.497 e. The number of carbonyl (C=O) groups excluding carboxylic acids is 2. The Labute approximate surface area is 202 Å². The first-order valence-electron chi connectivity index (χ1n) is 10.9. The van der Waals surface area contributed by atoms with Crippen LogP contribution in [0.5, 0.6) is 5.75 Å². The van der Waals surface area contributed by atoms with E-state index in [0.29, 0.717) is 27.1 Å². The molecule has 5 rings (SSSR count). The van der Waals surface area contributed by atoms with Gasteiger partial charge in [0, 0.05) is 11.6 Å². The molecule has 2 aromatic carbocycles. The fourth-order valence-corrected chi connectivity index (χ4v) is 4.30. The first kappa shape index (κ1) is 23.3. The summed E-state index contributed by atoms with van der Waals surface area (Å²) in [4.78, 5) is 31.3. The number of methoxy groups -OCH3 is 1. The van der Waals surface area contributed by atoms with Crippen LogP contribution in [0.3, 0.4) is 0 Å². The average Bonchev–Trinajstić information content (AvgIpc) is 3.42. The number of rotatable bonds is 6. The number of benzene rings is 2. The number of hydrogen-bond donors (Lipinski definition) is 0. The number of halogens is 3. The zero-order chi connectivity index (χ0) is 25.6. The summed E-state index contributed by atoms with van der Waals surface area (Å²) in [6, 6.07) is 11.7. The molecule has 0 unspecified atom stereocenters. The predicted octanol–water partition coefficient (Wildman–Crippen LogP) is 4.79. The molecule has 2 aromatic heterocycles. The molecule has 3 heterocycles. The normalized spacial score (nSPS) is 12.9. The molecule has 0 radical (unpaired) electrons. The minimum absolute atomic E-state index is 0.0161. The Morgan fingerprint density at radius 1 is 1.06 bits per heavy atom. The quantitative estimate of drug-likeness (QED) is 0.357. The second kappa shape index (κ2) is 8.67. The number of ether oxygens (including phenoxy) is 2. The number of alkyl halides is 3. The summed E-state index contributed by atoms with van der Waals surface area (Å²) in [6.45, 7) is 1.65. The van der Waals surface area contributed by atoms with Crippen molar-refractivity contribution < 1.29 is 32.2 Å². The molecule has 0 aliphatic carbocycles. The van der Waals surface area contributed by atoms with Gasteiger partial charge in [-0.05, 0) is 42.8 Å².